The standard InChI is InChI=1S/C20H12Br2N2O2/c21-13-7-5-12(6-8-13)20-24-17-11-14(9-10-18(17)26-20)23-19(25)15-3-1-2-4-16(15)22/h1-11H,(H,23,25). The molecule has 128 valence electrons. The predicted octanol–water partition coefficient (Wildman–Crippen LogP) is 6.27. The van der Waals surface area contributed by atoms with E-state index in [-0.39, 0.29) is 5.91 Å². The molecule has 0 atom stereocenters. The number of benzene rings is 3. The number of anilines is 1. The van der Waals surface area contributed by atoms with Crippen molar-refractivity contribution in [2.24, 2.45) is 0 Å². The molecule has 0 bridgehead atoms. The molecule has 4 rings (SSSR count). The highest BCUT2D eigenvalue weighted by Gasteiger charge is 2.12. The van der Waals surface area contributed by atoms with Crippen molar-refractivity contribution >= 4 is 54.6 Å². The fraction of sp³-hybridized carbons (Fsp3) is 0. The second kappa shape index (κ2) is 7.05. The lowest BCUT2D eigenvalue weighted by Gasteiger charge is -2.06. The van der Waals surface area contributed by atoms with Crippen LogP contribution in [0.5, 0.6) is 0 Å². The summed E-state index contributed by atoms with van der Waals surface area (Å²) >= 11 is 6.81. The first-order valence-corrected chi connectivity index (χ1v) is 9.41. The van der Waals surface area contributed by atoms with Crippen molar-refractivity contribution in [3.05, 3.63) is 81.2 Å². The summed E-state index contributed by atoms with van der Waals surface area (Å²) in [5, 5.41) is 2.89. The second-order valence-corrected chi connectivity index (χ2v) is 7.41. The molecule has 3 aromatic carbocycles. The number of aromatic nitrogens is 1. The summed E-state index contributed by atoms with van der Waals surface area (Å²) in [5.41, 5.74) is 3.48. The Hall–Kier alpha value is -2.44. The lowest BCUT2D eigenvalue weighted by atomic mass is 10.2. The van der Waals surface area contributed by atoms with Crippen LogP contribution in [0.1, 0.15) is 10.4 Å². The average Bonchev–Trinajstić information content (AvgIpc) is 3.06. The molecule has 0 aliphatic heterocycles. The van der Waals surface area contributed by atoms with Crippen molar-refractivity contribution in [1.82, 2.24) is 4.98 Å². The third-order valence-electron chi connectivity index (χ3n) is 3.86. The summed E-state index contributed by atoms with van der Waals surface area (Å²) in [6, 6.07) is 20.4. The average molecular weight is 472 g/mol. The van der Waals surface area contributed by atoms with Crippen molar-refractivity contribution < 1.29 is 9.21 Å². The van der Waals surface area contributed by atoms with Crippen molar-refractivity contribution in [2.75, 3.05) is 5.32 Å². The summed E-state index contributed by atoms with van der Waals surface area (Å²) in [6.45, 7) is 0. The molecule has 0 radical (unpaired) electrons. The van der Waals surface area contributed by atoms with E-state index in [1.54, 1.807) is 24.3 Å². The molecule has 1 heterocycles. The van der Waals surface area contributed by atoms with Crippen LogP contribution >= 0.6 is 31.9 Å². The van der Waals surface area contributed by atoms with Gasteiger partial charge >= 0.3 is 0 Å². The van der Waals surface area contributed by atoms with Crippen LogP contribution in [0.2, 0.25) is 0 Å². The highest BCUT2D eigenvalue weighted by Crippen LogP contribution is 2.27. The Labute approximate surface area is 166 Å². The van der Waals surface area contributed by atoms with Crippen LogP contribution in [0, 0.1) is 0 Å². The number of rotatable bonds is 3. The Bertz CT molecular complexity index is 1100. The maximum Gasteiger partial charge on any atom is 0.256 e. The molecule has 0 unspecified atom stereocenters. The monoisotopic (exact) mass is 470 g/mol. The van der Waals surface area contributed by atoms with Gasteiger partial charge in [0, 0.05) is 20.2 Å². The number of oxazole rings is 1. The van der Waals surface area contributed by atoms with Gasteiger partial charge in [0.1, 0.15) is 5.52 Å². The summed E-state index contributed by atoms with van der Waals surface area (Å²) in [5.74, 6) is 0.357. The van der Waals surface area contributed by atoms with E-state index in [1.165, 1.54) is 0 Å². The van der Waals surface area contributed by atoms with Crippen molar-refractivity contribution in [2.45, 2.75) is 0 Å². The van der Waals surface area contributed by atoms with Gasteiger partial charge in [-0.1, -0.05) is 28.1 Å². The summed E-state index contributed by atoms with van der Waals surface area (Å²) < 4.78 is 7.55. The van der Waals surface area contributed by atoms with Gasteiger partial charge in [-0.3, -0.25) is 4.79 Å². The van der Waals surface area contributed by atoms with Crippen molar-refractivity contribution in [3.63, 3.8) is 0 Å². The molecule has 0 aliphatic carbocycles. The number of carbonyl (C=O) groups excluding carboxylic acids is 1. The number of nitrogens with one attached hydrogen (secondary N) is 1. The number of nitrogens with zero attached hydrogens (tertiary/aromatic N) is 1. The Balaban J connectivity index is 1.62. The molecule has 4 aromatic rings. The van der Waals surface area contributed by atoms with Gasteiger partial charge in [0.25, 0.3) is 5.91 Å². The lowest BCUT2D eigenvalue weighted by molar-refractivity contribution is 0.102. The van der Waals surface area contributed by atoms with Gasteiger partial charge in [-0.15, -0.1) is 0 Å². The van der Waals surface area contributed by atoms with Crippen molar-refractivity contribution in [1.29, 1.82) is 0 Å². The van der Waals surface area contributed by atoms with E-state index in [0.29, 0.717) is 28.2 Å². The summed E-state index contributed by atoms with van der Waals surface area (Å²) in [4.78, 5) is 17.0. The summed E-state index contributed by atoms with van der Waals surface area (Å²) in [7, 11) is 0. The van der Waals surface area contributed by atoms with Gasteiger partial charge in [-0.05, 0) is 70.5 Å². The zero-order chi connectivity index (χ0) is 18.1. The van der Waals surface area contributed by atoms with Gasteiger partial charge in [-0.25, -0.2) is 4.98 Å². The zero-order valence-corrected chi connectivity index (χ0v) is 16.5. The molecule has 0 saturated heterocycles. The number of carbonyl (C=O) groups is 1. The van der Waals surface area contributed by atoms with E-state index >= 15 is 0 Å². The molecule has 0 saturated carbocycles. The summed E-state index contributed by atoms with van der Waals surface area (Å²) in [6.07, 6.45) is 0. The van der Waals surface area contributed by atoms with Gasteiger partial charge in [0.2, 0.25) is 5.89 Å². The molecule has 1 amide bonds. The van der Waals surface area contributed by atoms with E-state index in [9.17, 15) is 4.79 Å². The molecular formula is C20H12Br2N2O2. The quantitative estimate of drug-likeness (QED) is 0.383. The first-order valence-electron chi connectivity index (χ1n) is 7.82. The number of hydrogen-bond acceptors (Lipinski definition) is 3. The van der Waals surface area contributed by atoms with Gasteiger partial charge in [0.05, 0.1) is 5.56 Å². The van der Waals surface area contributed by atoms with Crippen molar-refractivity contribution in [3.8, 4) is 11.5 Å². The third kappa shape index (κ3) is 3.43. The van der Waals surface area contributed by atoms with Crippen LogP contribution in [-0.4, -0.2) is 10.9 Å². The number of fused-ring (bicyclic) bond motifs is 1. The number of halogens is 2. The van der Waals surface area contributed by atoms with E-state index < -0.39 is 0 Å². The van der Waals surface area contributed by atoms with Crippen LogP contribution < -0.4 is 5.32 Å². The highest BCUT2D eigenvalue weighted by molar-refractivity contribution is 9.10. The van der Waals surface area contributed by atoms with E-state index in [4.69, 9.17) is 4.42 Å². The Morgan fingerprint density at radius 3 is 2.50 bits per heavy atom. The van der Waals surface area contributed by atoms with E-state index in [0.717, 1.165) is 14.5 Å². The maximum absolute atomic E-state index is 12.4. The molecular weight excluding hydrogens is 460 g/mol. The minimum atomic E-state index is -0.187. The molecule has 0 fully saturated rings. The van der Waals surface area contributed by atoms with Crippen LogP contribution in [-0.2, 0) is 0 Å². The molecule has 0 spiro atoms. The van der Waals surface area contributed by atoms with Gasteiger partial charge in [-0.2, -0.15) is 0 Å². The normalized spacial score (nSPS) is 10.8. The topological polar surface area (TPSA) is 55.1 Å². The van der Waals surface area contributed by atoms with Crippen LogP contribution in [0.3, 0.4) is 0 Å². The molecule has 26 heavy (non-hydrogen) atoms. The molecule has 4 nitrogen and oxygen atoms in total. The fourth-order valence-electron chi connectivity index (χ4n) is 2.56. The maximum atomic E-state index is 12.4. The first kappa shape index (κ1) is 17.0. The third-order valence-corrected chi connectivity index (χ3v) is 5.08. The smallest absolute Gasteiger partial charge is 0.256 e. The van der Waals surface area contributed by atoms with Gasteiger partial charge in [0.15, 0.2) is 5.58 Å². The molecule has 0 aliphatic rings. The SMILES string of the molecule is O=C(Nc1ccc2oc(-c3ccc(Br)cc3)nc2c1)c1ccccc1Br. The Morgan fingerprint density at radius 2 is 1.73 bits per heavy atom. The number of hydrogen-bond donors (Lipinski definition) is 1. The largest absolute Gasteiger partial charge is 0.436 e. The molecule has 1 aromatic heterocycles. The zero-order valence-electron chi connectivity index (χ0n) is 13.4. The van der Waals surface area contributed by atoms with E-state index in [1.807, 2.05) is 42.5 Å². The Morgan fingerprint density at radius 1 is 0.962 bits per heavy atom. The minimum absolute atomic E-state index is 0.187. The van der Waals surface area contributed by atoms with Gasteiger partial charge < -0.3 is 9.73 Å². The molecule has 6 heteroatoms. The van der Waals surface area contributed by atoms with E-state index in [2.05, 4.69) is 42.2 Å². The second-order valence-electron chi connectivity index (χ2n) is 5.64. The predicted molar refractivity (Wildman–Crippen MR) is 109 cm³/mol. The fourth-order valence-corrected chi connectivity index (χ4v) is 3.29. The Kier molecular flexibility index (Phi) is 4.61. The first-order chi connectivity index (χ1) is 12.6. The van der Waals surface area contributed by atoms with Crippen LogP contribution in [0.15, 0.2) is 80.1 Å². The van der Waals surface area contributed by atoms with Crippen LogP contribution in [0.4, 0.5) is 5.69 Å². The lowest BCUT2D eigenvalue weighted by Crippen LogP contribution is -2.12. The highest BCUT2D eigenvalue weighted by atomic mass is 79.9. The molecule has 1 N–H and O–H groups in total. The minimum Gasteiger partial charge on any atom is -0.436 e. The number of amides is 1. The van der Waals surface area contributed by atoms with Crippen LogP contribution in [0.25, 0.3) is 22.6 Å².